The van der Waals surface area contributed by atoms with Crippen molar-refractivity contribution in [2.75, 3.05) is 26.4 Å². The van der Waals surface area contributed by atoms with Crippen molar-refractivity contribution in [3.8, 4) is 5.88 Å². The predicted octanol–water partition coefficient (Wildman–Crippen LogP) is 5.51. The molecule has 2 atom stereocenters. The molecule has 10 heteroatoms. The molecule has 37 heavy (non-hydrogen) atoms. The van der Waals surface area contributed by atoms with Crippen LogP contribution in [-0.4, -0.2) is 59.9 Å². The van der Waals surface area contributed by atoms with Crippen LogP contribution in [0, 0.1) is 0 Å². The van der Waals surface area contributed by atoms with Gasteiger partial charge in [-0.2, -0.15) is 18.3 Å². The van der Waals surface area contributed by atoms with Crippen LogP contribution in [0.4, 0.5) is 17.7 Å². The number of pyridine rings is 1. The van der Waals surface area contributed by atoms with E-state index in [4.69, 9.17) is 9.47 Å². The second-order valence-electron chi connectivity index (χ2n) is 9.48. The SMILES string of the molecule is FN1C=C(/C(=C(/CC(F)(F)F)c2ccccc2)c2ccc(O[C@@H]3CCNC3)nc2)N(C2CCCCO2)C1. The van der Waals surface area contributed by atoms with Crippen molar-refractivity contribution in [2.24, 2.45) is 0 Å². The molecule has 1 aromatic heterocycles. The topological polar surface area (TPSA) is 49.9 Å². The molecule has 1 aromatic carbocycles. The van der Waals surface area contributed by atoms with E-state index in [0.29, 0.717) is 47.4 Å². The smallest absolute Gasteiger partial charge is 0.393 e. The van der Waals surface area contributed by atoms with Crippen LogP contribution >= 0.6 is 0 Å². The third-order valence-corrected chi connectivity index (χ3v) is 6.75. The Labute approximate surface area is 213 Å². The van der Waals surface area contributed by atoms with Crippen LogP contribution in [0.15, 0.2) is 60.6 Å². The van der Waals surface area contributed by atoms with Gasteiger partial charge in [0.2, 0.25) is 5.88 Å². The highest BCUT2D eigenvalue weighted by atomic mass is 19.4. The summed E-state index contributed by atoms with van der Waals surface area (Å²) < 4.78 is 68.4. The molecule has 2 saturated heterocycles. The highest BCUT2D eigenvalue weighted by molar-refractivity contribution is 5.98. The third kappa shape index (κ3) is 6.24. The number of nitrogens with zero attached hydrogens (tertiary/aromatic N) is 3. The first-order valence-corrected chi connectivity index (χ1v) is 12.6. The number of nitrogens with one attached hydrogen (secondary N) is 1. The van der Waals surface area contributed by atoms with Gasteiger partial charge in [-0.15, -0.1) is 0 Å². The number of rotatable bonds is 7. The maximum Gasteiger partial charge on any atom is 0.393 e. The molecule has 0 amide bonds. The molecule has 6 nitrogen and oxygen atoms in total. The summed E-state index contributed by atoms with van der Waals surface area (Å²) in [6.07, 6.45) is -0.0141. The number of hydrogen-bond donors (Lipinski definition) is 1. The number of benzene rings is 1. The summed E-state index contributed by atoms with van der Waals surface area (Å²) in [6, 6.07) is 11.8. The van der Waals surface area contributed by atoms with Crippen LogP contribution in [0.5, 0.6) is 5.88 Å². The van der Waals surface area contributed by atoms with Crippen LogP contribution in [0.25, 0.3) is 11.1 Å². The van der Waals surface area contributed by atoms with Crippen molar-refractivity contribution >= 4 is 11.1 Å². The highest BCUT2D eigenvalue weighted by Gasteiger charge is 2.37. The van der Waals surface area contributed by atoms with Crippen LogP contribution < -0.4 is 10.1 Å². The van der Waals surface area contributed by atoms with E-state index in [2.05, 4.69) is 10.3 Å². The monoisotopic (exact) mass is 518 g/mol. The molecule has 3 aliphatic rings. The Morgan fingerprint density at radius 2 is 1.92 bits per heavy atom. The first kappa shape index (κ1) is 25.5. The van der Waals surface area contributed by atoms with E-state index in [-0.39, 0.29) is 23.9 Å². The molecule has 0 saturated carbocycles. The number of alkyl halides is 3. The molecule has 1 N–H and O–H groups in total. The van der Waals surface area contributed by atoms with Crippen molar-refractivity contribution in [1.29, 1.82) is 0 Å². The van der Waals surface area contributed by atoms with E-state index in [1.54, 1.807) is 47.4 Å². The van der Waals surface area contributed by atoms with Gasteiger partial charge in [0.05, 0.1) is 18.3 Å². The van der Waals surface area contributed by atoms with Gasteiger partial charge in [0.1, 0.15) is 19.0 Å². The summed E-state index contributed by atoms with van der Waals surface area (Å²) >= 11 is 0. The zero-order valence-corrected chi connectivity index (χ0v) is 20.4. The lowest BCUT2D eigenvalue weighted by Gasteiger charge is -2.35. The minimum absolute atomic E-state index is 0.00458. The molecular formula is C27H30F4N4O2. The molecule has 2 fully saturated rings. The van der Waals surface area contributed by atoms with Gasteiger partial charge in [-0.25, -0.2) is 4.98 Å². The lowest BCUT2D eigenvalue weighted by molar-refractivity contribution is -0.122. The Kier molecular flexibility index (Phi) is 7.66. The molecule has 0 radical (unpaired) electrons. The predicted molar refractivity (Wildman–Crippen MR) is 131 cm³/mol. The second-order valence-corrected chi connectivity index (χ2v) is 9.48. The summed E-state index contributed by atoms with van der Waals surface area (Å²) in [4.78, 5) is 6.12. The normalized spacial score (nSPS) is 23.2. The lowest BCUT2D eigenvalue weighted by Crippen LogP contribution is -2.39. The molecule has 4 heterocycles. The quantitative estimate of drug-likeness (QED) is 0.385. The maximum absolute atomic E-state index is 14.7. The fourth-order valence-electron chi connectivity index (χ4n) is 5.04. The fourth-order valence-corrected chi connectivity index (χ4v) is 5.04. The molecule has 0 spiro atoms. The fraction of sp³-hybridized carbons (Fsp3) is 0.444. The number of hydrogen-bond acceptors (Lipinski definition) is 6. The molecule has 198 valence electrons. The van der Waals surface area contributed by atoms with E-state index >= 15 is 0 Å². The Morgan fingerprint density at radius 3 is 2.57 bits per heavy atom. The summed E-state index contributed by atoms with van der Waals surface area (Å²) in [6.45, 7) is 1.98. The second kappa shape index (κ2) is 11.1. The van der Waals surface area contributed by atoms with Gasteiger partial charge in [-0.05, 0) is 49.4 Å². The van der Waals surface area contributed by atoms with Gasteiger partial charge in [-0.1, -0.05) is 34.8 Å². The van der Waals surface area contributed by atoms with Crippen molar-refractivity contribution in [1.82, 2.24) is 20.3 Å². The number of halogens is 4. The van der Waals surface area contributed by atoms with Gasteiger partial charge in [0, 0.05) is 36.6 Å². The molecule has 0 bridgehead atoms. The van der Waals surface area contributed by atoms with Crippen molar-refractivity contribution in [3.63, 3.8) is 0 Å². The van der Waals surface area contributed by atoms with Crippen LogP contribution in [0.2, 0.25) is 0 Å². The average molecular weight is 519 g/mol. The van der Waals surface area contributed by atoms with Gasteiger partial charge >= 0.3 is 6.18 Å². The van der Waals surface area contributed by atoms with Gasteiger partial charge in [-0.3, -0.25) is 0 Å². The van der Waals surface area contributed by atoms with E-state index in [1.807, 2.05) is 0 Å². The Morgan fingerprint density at radius 1 is 1.08 bits per heavy atom. The van der Waals surface area contributed by atoms with Gasteiger partial charge in [0.15, 0.2) is 0 Å². The average Bonchev–Trinajstić information content (AvgIpc) is 3.54. The molecule has 5 rings (SSSR count). The summed E-state index contributed by atoms with van der Waals surface area (Å²) in [5.41, 5.74) is 1.52. The van der Waals surface area contributed by atoms with Gasteiger partial charge in [0.25, 0.3) is 0 Å². The lowest BCUT2D eigenvalue weighted by atomic mass is 9.90. The van der Waals surface area contributed by atoms with E-state index in [1.165, 1.54) is 12.4 Å². The first-order valence-electron chi connectivity index (χ1n) is 12.6. The van der Waals surface area contributed by atoms with Crippen molar-refractivity contribution in [3.05, 3.63) is 71.7 Å². The minimum Gasteiger partial charge on any atom is -0.473 e. The Bertz CT molecular complexity index is 1110. The standard InChI is InChI=1S/C27H30F4N4O2/c28-27(29,30)14-22(19-6-2-1-3-7-19)26(20-9-10-24(33-15-20)37-21-11-12-32-16-21)23-17-34(31)18-35(23)25-8-4-5-13-36-25/h1-3,6-7,9-10,15,17,21,25,32H,4-5,8,11-14,16,18H2/b26-22-/t21-,25?/m1/s1. The van der Waals surface area contributed by atoms with E-state index < -0.39 is 18.8 Å². The third-order valence-electron chi connectivity index (χ3n) is 6.75. The summed E-state index contributed by atoms with van der Waals surface area (Å²) in [5, 5.41) is 3.71. The molecule has 3 aliphatic heterocycles. The van der Waals surface area contributed by atoms with Crippen molar-refractivity contribution in [2.45, 2.75) is 50.6 Å². The molecule has 1 unspecified atom stereocenters. The largest absolute Gasteiger partial charge is 0.473 e. The molecular weight excluding hydrogens is 488 g/mol. The minimum atomic E-state index is -4.48. The Hall–Kier alpha value is -3.11. The van der Waals surface area contributed by atoms with Gasteiger partial charge < -0.3 is 19.7 Å². The zero-order chi connectivity index (χ0) is 25.8. The number of ether oxygens (including phenoxy) is 2. The Balaban J connectivity index is 1.61. The summed E-state index contributed by atoms with van der Waals surface area (Å²) in [5.74, 6) is 0.397. The first-order chi connectivity index (χ1) is 17.9. The number of aromatic nitrogens is 1. The van der Waals surface area contributed by atoms with Crippen LogP contribution in [-0.2, 0) is 4.74 Å². The van der Waals surface area contributed by atoms with Crippen LogP contribution in [0.3, 0.4) is 0 Å². The number of allylic oxidation sites excluding steroid dienone is 2. The molecule has 2 aromatic rings. The summed E-state index contributed by atoms with van der Waals surface area (Å²) in [7, 11) is 0. The van der Waals surface area contributed by atoms with E-state index in [0.717, 1.165) is 25.8 Å². The maximum atomic E-state index is 14.7. The molecule has 0 aliphatic carbocycles. The zero-order valence-electron chi connectivity index (χ0n) is 20.4. The highest BCUT2D eigenvalue weighted by Crippen LogP contribution is 2.43. The van der Waals surface area contributed by atoms with Crippen LogP contribution in [0.1, 0.15) is 43.2 Å². The van der Waals surface area contributed by atoms with E-state index in [9.17, 15) is 17.7 Å². The van der Waals surface area contributed by atoms with Crippen molar-refractivity contribution < 1.29 is 27.1 Å².